The van der Waals surface area contributed by atoms with Gasteiger partial charge < -0.3 is 0 Å². The molecule has 0 radical (unpaired) electrons. The highest BCUT2D eigenvalue weighted by molar-refractivity contribution is 8.33. The first-order chi connectivity index (χ1) is 7.95. The van der Waals surface area contributed by atoms with Crippen molar-refractivity contribution in [3.63, 3.8) is 0 Å². The van der Waals surface area contributed by atoms with Gasteiger partial charge >= 0.3 is 0 Å². The van der Waals surface area contributed by atoms with Crippen LogP contribution in [0.5, 0.6) is 0 Å². The maximum Gasteiger partial charge on any atom is 0.0956 e. The molecule has 3 saturated heterocycles. The van der Waals surface area contributed by atoms with Crippen molar-refractivity contribution in [1.29, 1.82) is 0 Å². The normalized spacial score (nSPS) is 34.9. The molecular weight excluding hydrogens is 264 g/mol. The highest BCUT2D eigenvalue weighted by Crippen LogP contribution is 2.57. The Labute approximate surface area is 120 Å². The van der Waals surface area contributed by atoms with Crippen LogP contribution in [0.4, 0.5) is 0 Å². The van der Waals surface area contributed by atoms with Crippen molar-refractivity contribution >= 4 is 35.3 Å². The molecule has 100 valence electrons. The molecule has 0 aromatic carbocycles. The van der Waals surface area contributed by atoms with Gasteiger partial charge in [-0.2, -0.15) is 0 Å². The smallest absolute Gasteiger partial charge is 0.0956 e. The van der Waals surface area contributed by atoms with Crippen molar-refractivity contribution in [3.05, 3.63) is 0 Å². The van der Waals surface area contributed by atoms with Crippen molar-refractivity contribution < 1.29 is 0 Å². The minimum atomic E-state index is 0.503. The lowest BCUT2D eigenvalue weighted by Gasteiger charge is -2.50. The van der Waals surface area contributed by atoms with Gasteiger partial charge in [-0.1, -0.05) is 34.1 Å². The average molecular weight is 291 g/mol. The highest BCUT2D eigenvalue weighted by Gasteiger charge is 2.46. The molecule has 0 spiro atoms. The number of fused-ring (bicyclic) bond motifs is 3. The Morgan fingerprint density at radius 3 is 2.06 bits per heavy atom. The number of hydrogen-bond acceptors (Lipinski definition) is 3. The van der Waals surface area contributed by atoms with E-state index >= 15 is 0 Å². The summed E-state index contributed by atoms with van der Waals surface area (Å²) in [6.07, 6.45) is 4.20. The summed E-state index contributed by atoms with van der Waals surface area (Å²) < 4.78 is 0.858. The molecule has 0 amide bonds. The van der Waals surface area contributed by atoms with Crippen LogP contribution in [-0.2, 0) is 0 Å². The van der Waals surface area contributed by atoms with Gasteiger partial charge in [0.1, 0.15) is 0 Å². The topological polar surface area (TPSA) is 0 Å². The molecule has 3 rings (SSSR count). The molecule has 0 aromatic rings. The van der Waals surface area contributed by atoms with E-state index in [0.717, 1.165) is 9.83 Å². The van der Waals surface area contributed by atoms with Gasteiger partial charge in [0, 0.05) is 22.7 Å². The summed E-state index contributed by atoms with van der Waals surface area (Å²) in [5, 5.41) is 0. The van der Waals surface area contributed by atoms with Crippen LogP contribution in [0.3, 0.4) is 0 Å². The van der Waals surface area contributed by atoms with E-state index in [-0.39, 0.29) is 0 Å². The summed E-state index contributed by atoms with van der Waals surface area (Å²) in [7, 11) is 0. The molecule has 0 saturated carbocycles. The van der Waals surface area contributed by atoms with Crippen LogP contribution in [0.25, 0.3) is 0 Å². The minimum Gasteiger partial charge on any atom is -0.136 e. The number of thioether (sulfide) groups is 3. The fraction of sp³-hybridized carbons (Fsp3) is 1.00. The van der Waals surface area contributed by atoms with Crippen molar-refractivity contribution in [2.45, 2.75) is 50.9 Å². The molecule has 3 fully saturated rings. The van der Waals surface area contributed by atoms with Crippen molar-refractivity contribution in [1.82, 2.24) is 0 Å². The molecule has 0 aliphatic carbocycles. The Kier molecular flexibility index (Phi) is 4.75. The molecule has 17 heavy (non-hydrogen) atoms. The SMILES string of the molecule is CCC(CCC(C)(C)C)C12CSC(SC1)SC2. The largest absolute Gasteiger partial charge is 0.136 e. The average Bonchev–Trinajstić information content (AvgIpc) is 2.30. The summed E-state index contributed by atoms with van der Waals surface area (Å²) in [5.41, 5.74) is 1.16. The van der Waals surface area contributed by atoms with Crippen LogP contribution in [0, 0.1) is 16.7 Å². The quantitative estimate of drug-likeness (QED) is 0.686. The van der Waals surface area contributed by atoms with Gasteiger partial charge in [0.2, 0.25) is 0 Å². The van der Waals surface area contributed by atoms with Crippen LogP contribution < -0.4 is 0 Å². The maximum atomic E-state index is 2.41. The second-order valence-electron chi connectivity index (χ2n) is 6.79. The monoisotopic (exact) mass is 290 g/mol. The lowest BCUT2D eigenvalue weighted by Crippen LogP contribution is -2.45. The zero-order valence-corrected chi connectivity index (χ0v) is 14.1. The second kappa shape index (κ2) is 5.58. The van der Waals surface area contributed by atoms with E-state index in [0.29, 0.717) is 10.8 Å². The van der Waals surface area contributed by atoms with Gasteiger partial charge in [-0.05, 0) is 24.2 Å². The second-order valence-corrected chi connectivity index (χ2v) is 11.0. The Hall–Kier alpha value is 1.05. The third-order valence-electron chi connectivity index (χ3n) is 4.12. The van der Waals surface area contributed by atoms with Gasteiger partial charge in [0.15, 0.2) is 0 Å². The molecule has 3 heterocycles. The van der Waals surface area contributed by atoms with Crippen molar-refractivity contribution in [2.24, 2.45) is 16.7 Å². The van der Waals surface area contributed by atoms with Gasteiger partial charge in [0.25, 0.3) is 0 Å². The molecule has 1 atom stereocenters. The van der Waals surface area contributed by atoms with Crippen LogP contribution in [-0.4, -0.2) is 21.2 Å². The lowest BCUT2D eigenvalue weighted by molar-refractivity contribution is 0.203. The van der Waals surface area contributed by atoms with Gasteiger partial charge in [-0.25, -0.2) is 0 Å². The molecular formula is C14H26S3. The molecule has 3 aliphatic rings. The van der Waals surface area contributed by atoms with Gasteiger partial charge in [-0.15, -0.1) is 35.3 Å². The summed E-state index contributed by atoms with van der Waals surface area (Å²) in [4.78, 5) is 0. The van der Waals surface area contributed by atoms with Crippen LogP contribution in [0.15, 0.2) is 0 Å². The third kappa shape index (κ3) is 3.54. The molecule has 0 aromatic heterocycles. The van der Waals surface area contributed by atoms with E-state index in [1.165, 1.54) is 36.5 Å². The van der Waals surface area contributed by atoms with Crippen molar-refractivity contribution in [2.75, 3.05) is 17.3 Å². The highest BCUT2D eigenvalue weighted by atomic mass is 32.3. The fourth-order valence-corrected chi connectivity index (χ4v) is 8.37. The number of hydrogen-bond donors (Lipinski definition) is 0. The van der Waals surface area contributed by atoms with Crippen molar-refractivity contribution in [3.8, 4) is 0 Å². The summed E-state index contributed by atoms with van der Waals surface area (Å²) >= 11 is 6.64. The Morgan fingerprint density at radius 2 is 1.65 bits per heavy atom. The summed E-state index contributed by atoms with van der Waals surface area (Å²) in [6, 6.07) is 0. The predicted molar refractivity (Wildman–Crippen MR) is 86.1 cm³/mol. The first-order valence-electron chi connectivity index (χ1n) is 6.80. The number of rotatable bonds is 4. The molecule has 0 nitrogen and oxygen atoms in total. The van der Waals surface area contributed by atoms with E-state index in [2.05, 4.69) is 63.0 Å². The molecule has 0 N–H and O–H groups in total. The standard InChI is InChI=1S/C14H26S3/c1-5-11(6-7-13(2,3)4)14-8-15-12(16-9-14)17-10-14/h11-12H,5-10H2,1-4H3. The van der Waals surface area contributed by atoms with E-state index in [1.54, 1.807) is 0 Å². The summed E-state index contributed by atoms with van der Waals surface area (Å²) in [5.74, 6) is 5.25. The van der Waals surface area contributed by atoms with Crippen LogP contribution in [0.2, 0.25) is 0 Å². The minimum absolute atomic E-state index is 0.503. The Morgan fingerprint density at radius 1 is 1.12 bits per heavy atom. The van der Waals surface area contributed by atoms with Gasteiger partial charge in [0.05, 0.1) is 3.91 Å². The molecule has 2 bridgehead atoms. The first-order valence-corrected chi connectivity index (χ1v) is 9.95. The first kappa shape index (κ1) is 14.5. The molecule has 3 heteroatoms. The van der Waals surface area contributed by atoms with E-state index in [4.69, 9.17) is 0 Å². The Balaban J connectivity index is 1.97. The van der Waals surface area contributed by atoms with E-state index in [1.807, 2.05) is 0 Å². The summed E-state index contributed by atoms with van der Waals surface area (Å²) in [6.45, 7) is 9.55. The Bertz CT molecular complexity index is 235. The zero-order chi connectivity index (χ0) is 12.5. The van der Waals surface area contributed by atoms with E-state index < -0.39 is 0 Å². The zero-order valence-electron chi connectivity index (χ0n) is 11.6. The molecule has 3 aliphatic heterocycles. The molecule has 1 unspecified atom stereocenters. The van der Waals surface area contributed by atoms with Crippen LogP contribution >= 0.6 is 35.3 Å². The predicted octanol–water partition coefficient (Wildman–Crippen LogP) is 5.34. The third-order valence-corrected chi connectivity index (χ3v) is 9.61. The van der Waals surface area contributed by atoms with E-state index in [9.17, 15) is 0 Å². The van der Waals surface area contributed by atoms with Gasteiger partial charge in [-0.3, -0.25) is 0 Å². The van der Waals surface area contributed by atoms with Crippen LogP contribution in [0.1, 0.15) is 47.0 Å². The lowest BCUT2D eigenvalue weighted by atomic mass is 9.73. The maximum absolute atomic E-state index is 2.41. The fourth-order valence-electron chi connectivity index (χ4n) is 2.88.